The molecule has 0 spiro atoms. The first-order valence-corrected chi connectivity index (χ1v) is 7.20. The third kappa shape index (κ3) is 3.05. The van der Waals surface area contributed by atoms with Crippen molar-refractivity contribution in [1.29, 1.82) is 0 Å². The molecule has 3 rings (SSSR count). The van der Waals surface area contributed by atoms with Crippen molar-refractivity contribution in [1.82, 2.24) is 5.32 Å². The van der Waals surface area contributed by atoms with Gasteiger partial charge in [0.1, 0.15) is 11.5 Å². The van der Waals surface area contributed by atoms with Crippen LogP contribution in [0.1, 0.15) is 27.6 Å². The van der Waals surface area contributed by atoms with Crippen LogP contribution in [0.4, 0.5) is 5.69 Å². The molecule has 1 unspecified atom stereocenters. The fourth-order valence-corrected chi connectivity index (χ4v) is 2.27. The molecule has 7 nitrogen and oxygen atoms in total. The standard InChI is InChI=1S/C17H14N2O5/c1-9(24-12-5-3-11(20)4-6-12)15(21)18-10-2-7-13-14(8-10)17(23)19-16(13)22/h2-9,20H,1H3,(H,18,21)(H,19,22,23). The van der Waals surface area contributed by atoms with Gasteiger partial charge in [0, 0.05) is 5.69 Å². The third-order valence-corrected chi connectivity index (χ3v) is 3.52. The fourth-order valence-electron chi connectivity index (χ4n) is 2.27. The van der Waals surface area contributed by atoms with E-state index in [0.29, 0.717) is 11.4 Å². The number of rotatable bonds is 4. The maximum atomic E-state index is 12.2. The average Bonchev–Trinajstić information content (AvgIpc) is 2.84. The Morgan fingerprint density at radius 3 is 2.46 bits per heavy atom. The predicted octanol–water partition coefficient (Wildman–Crippen LogP) is 1.68. The summed E-state index contributed by atoms with van der Waals surface area (Å²) in [6.45, 7) is 1.58. The number of carbonyl (C=O) groups is 3. The number of phenols is 1. The molecule has 0 fully saturated rings. The van der Waals surface area contributed by atoms with Gasteiger partial charge >= 0.3 is 0 Å². The second-order valence-electron chi connectivity index (χ2n) is 5.29. The largest absolute Gasteiger partial charge is 0.508 e. The number of amides is 3. The zero-order chi connectivity index (χ0) is 17.3. The summed E-state index contributed by atoms with van der Waals surface area (Å²) in [7, 11) is 0. The highest BCUT2D eigenvalue weighted by Gasteiger charge is 2.27. The van der Waals surface area contributed by atoms with Crippen molar-refractivity contribution in [3.8, 4) is 11.5 Å². The number of fused-ring (bicyclic) bond motifs is 1. The molecule has 3 amide bonds. The number of ether oxygens (including phenoxy) is 1. The van der Waals surface area contributed by atoms with E-state index in [-0.39, 0.29) is 16.9 Å². The topological polar surface area (TPSA) is 105 Å². The summed E-state index contributed by atoms with van der Waals surface area (Å²) >= 11 is 0. The maximum absolute atomic E-state index is 12.2. The molecule has 0 bridgehead atoms. The van der Waals surface area contributed by atoms with Gasteiger partial charge in [-0.2, -0.15) is 0 Å². The Morgan fingerprint density at radius 2 is 1.75 bits per heavy atom. The molecule has 122 valence electrons. The number of anilines is 1. The quantitative estimate of drug-likeness (QED) is 0.742. The maximum Gasteiger partial charge on any atom is 0.265 e. The van der Waals surface area contributed by atoms with Crippen LogP contribution in [0.2, 0.25) is 0 Å². The first kappa shape index (κ1) is 15.5. The molecular weight excluding hydrogens is 312 g/mol. The highest BCUT2D eigenvalue weighted by molar-refractivity contribution is 6.22. The summed E-state index contributed by atoms with van der Waals surface area (Å²) in [5.74, 6) is -0.802. The molecule has 7 heteroatoms. The lowest BCUT2D eigenvalue weighted by Gasteiger charge is -2.15. The van der Waals surface area contributed by atoms with Crippen LogP contribution in [0, 0.1) is 0 Å². The molecule has 0 aliphatic carbocycles. The second-order valence-corrected chi connectivity index (χ2v) is 5.29. The van der Waals surface area contributed by atoms with E-state index in [0.717, 1.165) is 0 Å². The SMILES string of the molecule is CC(Oc1ccc(O)cc1)C(=O)Nc1ccc2c(c1)C(=O)NC2=O. The molecule has 1 aliphatic heterocycles. The highest BCUT2D eigenvalue weighted by Crippen LogP contribution is 2.21. The van der Waals surface area contributed by atoms with Crippen molar-refractivity contribution in [3.05, 3.63) is 53.6 Å². The van der Waals surface area contributed by atoms with Crippen LogP contribution in [0.15, 0.2) is 42.5 Å². The van der Waals surface area contributed by atoms with Gasteiger partial charge in [-0.1, -0.05) is 0 Å². The van der Waals surface area contributed by atoms with Crippen molar-refractivity contribution in [2.45, 2.75) is 13.0 Å². The van der Waals surface area contributed by atoms with Crippen LogP contribution < -0.4 is 15.4 Å². The molecule has 24 heavy (non-hydrogen) atoms. The molecule has 0 radical (unpaired) electrons. The zero-order valence-corrected chi connectivity index (χ0v) is 12.7. The molecule has 1 heterocycles. The van der Waals surface area contributed by atoms with Gasteiger partial charge in [0.25, 0.3) is 17.7 Å². The number of benzene rings is 2. The monoisotopic (exact) mass is 326 g/mol. The summed E-state index contributed by atoms with van der Waals surface area (Å²) < 4.78 is 5.48. The molecule has 3 N–H and O–H groups in total. The summed E-state index contributed by atoms with van der Waals surface area (Å²) in [4.78, 5) is 35.3. The number of carbonyl (C=O) groups excluding carboxylic acids is 3. The smallest absolute Gasteiger partial charge is 0.265 e. The van der Waals surface area contributed by atoms with E-state index in [9.17, 15) is 19.5 Å². The van der Waals surface area contributed by atoms with Gasteiger partial charge in [-0.3, -0.25) is 19.7 Å². The predicted molar refractivity (Wildman–Crippen MR) is 85.1 cm³/mol. The van der Waals surface area contributed by atoms with E-state index in [2.05, 4.69) is 10.6 Å². The number of hydrogen-bond donors (Lipinski definition) is 3. The molecule has 0 saturated heterocycles. The molecule has 1 atom stereocenters. The van der Waals surface area contributed by atoms with E-state index in [4.69, 9.17) is 4.74 Å². The average molecular weight is 326 g/mol. The third-order valence-electron chi connectivity index (χ3n) is 3.52. The lowest BCUT2D eigenvalue weighted by molar-refractivity contribution is -0.122. The van der Waals surface area contributed by atoms with Gasteiger partial charge in [-0.05, 0) is 49.4 Å². The molecule has 0 aromatic heterocycles. The Kier molecular flexibility index (Phi) is 3.91. The number of aromatic hydroxyl groups is 1. The van der Waals surface area contributed by atoms with Gasteiger partial charge in [-0.15, -0.1) is 0 Å². The van der Waals surface area contributed by atoms with Gasteiger partial charge in [0.2, 0.25) is 0 Å². The Bertz CT molecular complexity index is 829. The Balaban J connectivity index is 1.68. The van der Waals surface area contributed by atoms with Crippen molar-refractivity contribution in [2.24, 2.45) is 0 Å². The summed E-state index contributed by atoms with van der Waals surface area (Å²) in [6.07, 6.45) is -0.793. The van der Waals surface area contributed by atoms with E-state index in [1.54, 1.807) is 25.1 Å². The minimum absolute atomic E-state index is 0.102. The van der Waals surface area contributed by atoms with Crippen LogP contribution in [-0.4, -0.2) is 28.9 Å². The van der Waals surface area contributed by atoms with Gasteiger partial charge in [0.05, 0.1) is 11.1 Å². The first-order valence-electron chi connectivity index (χ1n) is 7.20. The molecule has 0 saturated carbocycles. The van der Waals surface area contributed by atoms with Crippen molar-refractivity contribution in [3.63, 3.8) is 0 Å². The lowest BCUT2D eigenvalue weighted by atomic mass is 10.1. The van der Waals surface area contributed by atoms with Crippen molar-refractivity contribution < 1.29 is 24.2 Å². The van der Waals surface area contributed by atoms with Crippen LogP contribution in [0.25, 0.3) is 0 Å². The van der Waals surface area contributed by atoms with Gasteiger partial charge in [0.15, 0.2) is 6.10 Å². The Labute approximate surface area is 137 Å². The van der Waals surface area contributed by atoms with Crippen LogP contribution in [0.5, 0.6) is 11.5 Å². The number of hydrogen-bond acceptors (Lipinski definition) is 5. The molecule has 2 aromatic rings. The summed E-state index contributed by atoms with van der Waals surface area (Å²) in [6, 6.07) is 10.5. The van der Waals surface area contributed by atoms with E-state index in [1.165, 1.54) is 24.3 Å². The van der Waals surface area contributed by atoms with Crippen molar-refractivity contribution >= 4 is 23.4 Å². The Hall–Kier alpha value is -3.35. The minimum atomic E-state index is -0.793. The van der Waals surface area contributed by atoms with Crippen LogP contribution >= 0.6 is 0 Å². The van der Waals surface area contributed by atoms with E-state index < -0.39 is 23.8 Å². The lowest BCUT2D eigenvalue weighted by Crippen LogP contribution is -2.30. The van der Waals surface area contributed by atoms with E-state index in [1.807, 2.05) is 0 Å². The fraction of sp³-hybridized carbons (Fsp3) is 0.118. The molecule has 2 aromatic carbocycles. The van der Waals surface area contributed by atoms with Crippen molar-refractivity contribution in [2.75, 3.05) is 5.32 Å². The number of nitrogens with one attached hydrogen (secondary N) is 2. The number of imide groups is 1. The molecular formula is C17H14N2O5. The summed E-state index contributed by atoms with van der Waals surface area (Å²) in [5, 5.41) is 14.0. The van der Waals surface area contributed by atoms with Crippen LogP contribution in [0.3, 0.4) is 0 Å². The minimum Gasteiger partial charge on any atom is -0.508 e. The first-order chi connectivity index (χ1) is 11.4. The normalized spacial score (nSPS) is 13.9. The summed E-state index contributed by atoms with van der Waals surface area (Å²) in [5.41, 5.74) is 0.904. The highest BCUT2D eigenvalue weighted by atomic mass is 16.5. The second kappa shape index (κ2) is 6.04. The van der Waals surface area contributed by atoms with Gasteiger partial charge in [-0.25, -0.2) is 0 Å². The number of phenolic OH excluding ortho intramolecular Hbond substituents is 1. The van der Waals surface area contributed by atoms with E-state index >= 15 is 0 Å². The molecule has 1 aliphatic rings. The van der Waals surface area contributed by atoms with Crippen LogP contribution in [-0.2, 0) is 4.79 Å². The Morgan fingerprint density at radius 1 is 1.08 bits per heavy atom. The zero-order valence-electron chi connectivity index (χ0n) is 12.7. The van der Waals surface area contributed by atoms with Gasteiger partial charge < -0.3 is 15.2 Å².